The standard InChI is InChI=1S/C29H48N2O/c1-19(30(6)7)23-14-16-29(5)25-11-10-24-21(17-22(25)13-15-28(23,29)4)9-12-26-27(24,3)18-32-20(2)31(26)8/h13,17,19-20,23-26H,9-12,14-16,18H2,1-8H3/t19-,20-,23+,24+,25+,26-,27-,28+,29-/m0/s1. The molecule has 0 bridgehead atoms. The predicted octanol–water partition coefficient (Wildman–Crippen LogP) is 6.12. The van der Waals surface area contributed by atoms with Crippen LogP contribution in [0.25, 0.3) is 0 Å². The first-order valence-corrected chi connectivity index (χ1v) is 13.4. The lowest BCUT2D eigenvalue weighted by atomic mass is 9.51. The highest BCUT2D eigenvalue weighted by Crippen LogP contribution is 2.68. The van der Waals surface area contributed by atoms with E-state index in [1.54, 1.807) is 11.1 Å². The third-order valence-electron chi connectivity index (χ3n) is 11.9. The second-order valence-corrected chi connectivity index (χ2v) is 13.1. The zero-order valence-corrected chi connectivity index (χ0v) is 22.1. The number of ether oxygens (including phenoxy) is 1. The molecular weight excluding hydrogens is 392 g/mol. The molecule has 9 atom stereocenters. The number of allylic oxidation sites excluding steroid dienone is 4. The average molecular weight is 441 g/mol. The van der Waals surface area contributed by atoms with Crippen molar-refractivity contribution in [2.45, 2.75) is 97.9 Å². The van der Waals surface area contributed by atoms with E-state index in [1.807, 2.05) is 0 Å². The molecule has 3 nitrogen and oxygen atoms in total. The molecule has 5 aliphatic rings. The van der Waals surface area contributed by atoms with E-state index >= 15 is 0 Å². The zero-order chi connectivity index (χ0) is 23.1. The molecular formula is C29H48N2O. The monoisotopic (exact) mass is 440 g/mol. The Kier molecular flexibility index (Phi) is 5.55. The van der Waals surface area contributed by atoms with Crippen molar-refractivity contribution < 1.29 is 4.74 Å². The van der Waals surface area contributed by atoms with Gasteiger partial charge in [0.05, 0.1) is 6.61 Å². The van der Waals surface area contributed by atoms with Gasteiger partial charge in [-0.05, 0) is 114 Å². The van der Waals surface area contributed by atoms with Crippen molar-refractivity contribution in [3.63, 3.8) is 0 Å². The summed E-state index contributed by atoms with van der Waals surface area (Å²) in [4.78, 5) is 4.99. The molecule has 0 aromatic heterocycles. The fourth-order valence-corrected chi connectivity index (χ4v) is 9.29. The average Bonchev–Trinajstić information content (AvgIpc) is 2.89. The number of nitrogens with zero attached hydrogens (tertiary/aromatic N) is 2. The number of hydrogen-bond donors (Lipinski definition) is 0. The maximum Gasteiger partial charge on any atom is 0.107 e. The highest BCUT2D eigenvalue weighted by Gasteiger charge is 2.61. The third kappa shape index (κ3) is 3.02. The first kappa shape index (κ1) is 23.1. The van der Waals surface area contributed by atoms with E-state index in [-0.39, 0.29) is 11.6 Å². The van der Waals surface area contributed by atoms with Gasteiger partial charge in [0.2, 0.25) is 0 Å². The minimum Gasteiger partial charge on any atom is -0.363 e. The molecule has 180 valence electrons. The lowest BCUT2D eigenvalue weighted by Crippen LogP contribution is -2.61. The molecule has 3 fully saturated rings. The quantitative estimate of drug-likeness (QED) is 0.514. The Morgan fingerprint density at radius 1 is 1.06 bits per heavy atom. The van der Waals surface area contributed by atoms with Crippen LogP contribution < -0.4 is 0 Å². The summed E-state index contributed by atoms with van der Waals surface area (Å²) in [5.41, 5.74) is 4.52. The van der Waals surface area contributed by atoms with Crippen LogP contribution >= 0.6 is 0 Å². The Labute approximate surface area is 197 Å². The highest BCUT2D eigenvalue weighted by atomic mass is 16.5. The van der Waals surface area contributed by atoms with Crippen molar-refractivity contribution in [1.82, 2.24) is 9.80 Å². The Balaban J connectivity index is 1.47. The van der Waals surface area contributed by atoms with Gasteiger partial charge in [-0.25, -0.2) is 0 Å². The van der Waals surface area contributed by atoms with Gasteiger partial charge in [-0.2, -0.15) is 0 Å². The van der Waals surface area contributed by atoms with Crippen molar-refractivity contribution in [2.75, 3.05) is 27.7 Å². The van der Waals surface area contributed by atoms with Crippen molar-refractivity contribution in [3.8, 4) is 0 Å². The van der Waals surface area contributed by atoms with Crippen LogP contribution in [0.3, 0.4) is 0 Å². The van der Waals surface area contributed by atoms with Gasteiger partial charge in [0.25, 0.3) is 0 Å². The summed E-state index contributed by atoms with van der Waals surface area (Å²) < 4.78 is 6.32. The molecule has 32 heavy (non-hydrogen) atoms. The molecule has 4 aliphatic carbocycles. The van der Waals surface area contributed by atoms with E-state index in [0.29, 0.717) is 28.8 Å². The summed E-state index contributed by atoms with van der Waals surface area (Å²) in [6.07, 6.45) is 14.9. The Morgan fingerprint density at radius 3 is 2.50 bits per heavy atom. The highest BCUT2D eigenvalue weighted by molar-refractivity contribution is 5.37. The van der Waals surface area contributed by atoms with E-state index in [1.165, 1.54) is 44.9 Å². The van der Waals surface area contributed by atoms with Gasteiger partial charge in [-0.15, -0.1) is 0 Å². The van der Waals surface area contributed by atoms with Gasteiger partial charge in [-0.1, -0.05) is 38.5 Å². The lowest BCUT2D eigenvalue weighted by molar-refractivity contribution is -0.186. The first-order chi connectivity index (χ1) is 15.0. The first-order valence-electron chi connectivity index (χ1n) is 13.4. The normalized spacial score (nSPS) is 49.8. The molecule has 0 amide bonds. The maximum absolute atomic E-state index is 6.32. The number of rotatable bonds is 2. The van der Waals surface area contributed by atoms with E-state index in [9.17, 15) is 0 Å². The van der Waals surface area contributed by atoms with Crippen LogP contribution in [0.4, 0.5) is 0 Å². The van der Waals surface area contributed by atoms with Crippen LogP contribution in [0.1, 0.15) is 79.6 Å². The predicted molar refractivity (Wildman–Crippen MR) is 133 cm³/mol. The van der Waals surface area contributed by atoms with Gasteiger partial charge in [0, 0.05) is 17.5 Å². The van der Waals surface area contributed by atoms with Crippen LogP contribution in [-0.2, 0) is 4.74 Å². The summed E-state index contributed by atoms with van der Waals surface area (Å²) >= 11 is 0. The topological polar surface area (TPSA) is 15.7 Å². The molecule has 3 heteroatoms. The summed E-state index contributed by atoms with van der Waals surface area (Å²) in [6, 6.07) is 1.31. The smallest absolute Gasteiger partial charge is 0.107 e. The molecule has 0 aromatic rings. The van der Waals surface area contributed by atoms with Gasteiger partial charge < -0.3 is 9.64 Å². The van der Waals surface area contributed by atoms with Crippen molar-refractivity contribution in [1.29, 1.82) is 0 Å². The second kappa shape index (κ2) is 7.68. The molecule has 0 spiro atoms. The van der Waals surface area contributed by atoms with Gasteiger partial charge in [0.1, 0.15) is 6.23 Å². The summed E-state index contributed by atoms with van der Waals surface area (Å²) in [5.74, 6) is 2.19. The summed E-state index contributed by atoms with van der Waals surface area (Å²) in [7, 11) is 6.84. The minimum atomic E-state index is 0.251. The molecule has 0 radical (unpaired) electrons. The molecule has 1 heterocycles. The second-order valence-electron chi connectivity index (χ2n) is 13.1. The van der Waals surface area contributed by atoms with Gasteiger partial charge in [-0.3, -0.25) is 4.90 Å². The molecule has 0 unspecified atom stereocenters. The Bertz CT molecular complexity index is 816. The summed E-state index contributed by atoms with van der Waals surface area (Å²) in [6.45, 7) is 13.5. The fraction of sp³-hybridized carbons (Fsp3) is 0.862. The number of hydrogen-bond acceptors (Lipinski definition) is 3. The number of fused-ring (bicyclic) bond motifs is 6. The maximum atomic E-state index is 6.32. The van der Waals surface area contributed by atoms with Crippen LogP contribution in [0.15, 0.2) is 23.3 Å². The SMILES string of the molecule is C[C@@H]1OC[C@@]2(C)[C@@H]3CC[C@@H]4C(=CC[C@]5(C)[C@@H]([C@H](C)N(C)C)CC[C@@]45C)C=C3CC[C@@H]2N1C. The Morgan fingerprint density at radius 2 is 1.78 bits per heavy atom. The van der Waals surface area contributed by atoms with Gasteiger partial charge in [0.15, 0.2) is 0 Å². The van der Waals surface area contributed by atoms with Crippen LogP contribution in [0.5, 0.6) is 0 Å². The van der Waals surface area contributed by atoms with E-state index < -0.39 is 0 Å². The van der Waals surface area contributed by atoms with Crippen LogP contribution in [-0.4, -0.2) is 55.9 Å². The molecule has 5 rings (SSSR count). The summed E-state index contributed by atoms with van der Waals surface area (Å²) in [5, 5.41) is 0. The third-order valence-corrected chi connectivity index (χ3v) is 11.9. The molecule has 0 aromatic carbocycles. The Hall–Kier alpha value is -0.640. The van der Waals surface area contributed by atoms with Crippen molar-refractivity contribution in [2.24, 2.45) is 34.0 Å². The van der Waals surface area contributed by atoms with E-state index in [2.05, 4.69) is 77.7 Å². The lowest BCUT2D eigenvalue weighted by Gasteiger charge is -2.56. The fourth-order valence-electron chi connectivity index (χ4n) is 9.29. The zero-order valence-electron chi connectivity index (χ0n) is 22.1. The molecule has 0 N–H and O–H groups in total. The van der Waals surface area contributed by atoms with E-state index in [0.717, 1.165) is 18.4 Å². The molecule has 1 saturated heterocycles. The molecule has 1 aliphatic heterocycles. The molecule has 2 saturated carbocycles. The van der Waals surface area contributed by atoms with Crippen LogP contribution in [0.2, 0.25) is 0 Å². The largest absolute Gasteiger partial charge is 0.363 e. The van der Waals surface area contributed by atoms with Gasteiger partial charge >= 0.3 is 0 Å². The minimum absolute atomic E-state index is 0.251. The van der Waals surface area contributed by atoms with Crippen molar-refractivity contribution in [3.05, 3.63) is 23.3 Å². The van der Waals surface area contributed by atoms with Crippen molar-refractivity contribution >= 4 is 0 Å². The van der Waals surface area contributed by atoms with E-state index in [4.69, 9.17) is 4.74 Å². The van der Waals surface area contributed by atoms with Crippen LogP contribution in [0, 0.1) is 34.0 Å².